The highest BCUT2D eigenvalue weighted by Crippen LogP contribution is 2.00. The van der Waals surface area contributed by atoms with E-state index in [-0.39, 0.29) is 55.4 Å². The van der Waals surface area contributed by atoms with Gasteiger partial charge in [0.1, 0.15) is 0 Å². The molecule has 4 aromatic rings. The summed E-state index contributed by atoms with van der Waals surface area (Å²) in [6.07, 6.45) is 33.8. The maximum atomic E-state index is 9.08. The Morgan fingerprint density at radius 1 is 0.681 bits per heavy atom. The van der Waals surface area contributed by atoms with Crippen LogP contribution in [0, 0.1) is 11.3 Å². The summed E-state index contributed by atoms with van der Waals surface area (Å²) >= 11 is 4.55. The highest BCUT2D eigenvalue weighted by Gasteiger charge is 2.10. The van der Waals surface area contributed by atoms with Crippen LogP contribution >= 0.6 is 45.2 Å². The lowest BCUT2D eigenvalue weighted by atomic mass is 10.2. The average Bonchev–Trinajstić information content (AvgIpc) is 3.28. The molecule has 1 aliphatic rings. The van der Waals surface area contributed by atoms with E-state index in [4.69, 9.17) is 57.2 Å². The second-order valence-corrected chi connectivity index (χ2v) is 19.2. The average molecular weight is 1490 g/mol. The number of rotatable bonds is 8. The van der Waals surface area contributed by atoms with Crippen LogP contribution in [-0.4, -0.2) is 120 Å². The molecule has 5 N–H and O–H groups in total. The van der Waals surface area contributed by atoms with E-state index in [2.05, 4.69) is 89.1 Å². The van der Waals surface area contributed by atoms with Crippen LogP contribution in [0.4, 0.5) is 0 Å². The zero-order valence-electron chi connectivity index (χ0n) is 39.1. The van der Waals surface area contributed by atoms with E-state index in [0.29, 0.717) is 25.7 Å². The number of nitriles is 1. The van der Waals surface area contributed by atoms with Crippen molar-refractivity contribution in [2.45, 2.75) is 34.9 Å². The molecule has 0 aliphatic carbocycles. The highest BCUT2D eigenvalue weighted by atomic mass is 127. The number of hydrogen-bond donors (Lipinski definition) is 5. The van der Waals surface area contributed by atoms with Gasteiger partial charge in [0.25, 0.3) is 0 Å². The van der Waals surface area contributed by atoms with Crippen molar-refractivity contribution in [3.05, 3.63) is 170 Å². The number of oxime groups is 5. The molecule has 72 heavy (non-hydrogen) atoms. The molecule has 22 nitrogen and oxygen atoms in total. The van der Waals surface area contributed by atoms with Crippen molar-refractivity contribution in [2.24, 2.45) is 25.8 Å². The summed E-state index contributed by atoms with van der Waals surface area (Å²) in [5.74, 6) is 0. The SMILES string of the molecule is C.C=CC.C=CC.CC#N.CS(=O)(=O)[O-].CS(=O)(=O)[O-].ICI.O/N=C\c1ccncc1.ON=CC1=CC[N+](=C[n+]2ccc(C=NO)cc2)C=C1.ON=Cc1cc[n+](C[n+]2ccc(C=NO)cc2)cc1.[I-].[I-]. The quantitative estimate of drug-likeness (QED) is 0.0172. The smallest absolute Gasteiger partial charge is 0.412 e. The molecule has 0 saturated carbocycles. The van der Waals surface area contributed by atoms with Crippen molar-refractivity contribution in [3.8, 4) is 6.07 Å². The molecule has 0 radical (unpaired) electrons. The van der Waals surface area contributed by atoms with Gasteiger partial charge in [-0.1, -0.05) is 90.5 Å². The van der Waals surface area contributed by atoms with Gasteiger partial charge in [0, 0.05) is 96.6 Å². The third kappa shape index (κ3) is 60.9. The molecule has 1 aliphatic heterocycles. The number of pyridine rings is 4. The Morgan fingerprint density at radius 3 is 1.22 bits per heavy atom. The van der Waals surface area contributed by atoms with Crippen molar-refractivity contribution in [3.63, 3.8) is 0 Å². The van der Waals surface area contributed by atoms with Gasteiger partial charge in [-0.3, -0.25) is 4.98 Å². The Bertz CT molecular complexity index is 2390. The Hall–Kier alpha value is -5.19. The third-order valence-electron chi connectivity index (χ3n) is 6.06. The fourth-order valence-corrected chi connectivity index (χ4v) is 3.76. The summed E-state index contributed by atoms with van der Waals surface area (Å²) in [7, 11) is -7.83. The zero-order chi connectivity index (χ0) is 53.4. The first-order chi connectivity index (χ1) is 32.7. The van der Waals surface area contributed by atoms with Gasteiger partial charge in [-0.2, -0.15) is 5.26 Å². The summed E-state index contributed by atoms with van der Waals surface area (Å²) in [4.78, 5) is 3.78. The first-order valence-corrected chi connectivity index (χ1v) is 25.5. The lowest BCUT2D eigenvalue weighted by Crippen LogP contribution is -3.00. The third-order valence-corrected chi connectivity index (χ3v) is 6.06. The molecule has 0 amide bonds. The van der Waals surface area contributed by atoms with E-state index in [9.17, 15) is 0 Å². The van der Waals surface area contributed by atoms with Crippen molar-refractivity contribution in [2.75, 3.05) is 21.5 Å². The predicted molar refractivity (Wildman–Crippen MR) is 285 cm³/mol. The molecular weight excluding hydrogens is 1430 g/mol. The molecule has 4 aromatic heterocycles. The van der Waals surface area contributed by atoms with Crippen LogP contribution in [0.25, 0.3) is 0 Å². The van der Waals surface area contributed by atoms with Gasteiger partial charge in [-0.05, 0) is 37.6 Å². The van der Waals surface area contributed by atoms with Crippen molar-refractivity contribution in [1.29, 1.82) is 5.26 Å². The summed E-state index contributed by atoms with van der Waals surface area (Å²) in [5, 5.41) is 63.8. The lowest BCUT2D eigenvalue weighted by Gasteiger charge is -1.98. The molecule has 5 heterocycles. The monoisotopic (exact) mass is 1490 g/mol. The summed E-state index contributed by atoms with van der Waals surface area (Å²) in [6.45, 7) is 13.3. The number of allylic oxidation sites excluding steroid dienone is 4. The van der Waals surface area contributed by atoms with Crippen molar-refractivity contribution in [1.82, 2.24) is 4.98 Å². The van der Waals surface area contributed by atoms with Gasteiger partial charge in [0.15, 0.2) is 49.9 Å². The first-order valence-electron chi connectivity index (χ1n) is 18.9. The Balaban J connectivity index is -0.000000147. The number of hydrogen-bond acceptors (Lipinski definition) is 18. The van der Waals surface area contributed by atoms with E-state index in [1.807, 2.05) is 130 Å². The molecule has 0 unspecified atom stereocenters. The van der Waals surface area contributed by atoms with Crippen LogP contribution in [0.5, 0.6) is 0 Å². The number of alkyl halides is 2. The lowest BCUT2D eigenvalue weighted by molar-refractivity contribution is -0.913. The minimum absolute atomic E-state index is 0. The summed E-state index contributed by atoms with van der Waals surface area (Å²) in [6, 6.07) is 16.3. The Morgan fingerprint density at radius 2 is 0.958 bits per heavy atom. The van der Waals surface area contributed by atoms with E-state index < -0.39 is 20.2 Å². The van der Waals surface area contributed by atoms with Gasteiger partial charge >= 0.3 is 13.0 Å². The van der Waals surface area contributed by atoms with Gasteiger partial charge < -0.3 is 83.1 Å². The van der Waals surface area contributed by atoms with Crippen LogP contribution in [0.15, 0.2) is 173 Å². The fourth-order valence-electron chi connectivity index (χ4n) is 3.76. The zero-order valence-corrected chi connectivity index (χ0v) is 49.3. The van der Waals surface area contributed by atoms with Gasteiger partial charge in [-0.25, -0.2) is 16.8 Å². The molecule has 0 bridgehead atoms. The maximum absolute atomic E-state index is 9.08. The van der Waals surface area contributed by atoms with Crippen LogP contribution in [-0.2, 0) is 26.9 Å². The van der Waals surface area contributed by atoms with Gasteiger partial charge in [-0.15, -0.1) is 31.4 Å². The molecule has 28 heteroatoms. The second-order valence-electron chi connectivity index (χ2n) is 11.9. The topological polar surface area (TPSA) is 329 Å². The van der Waals surface area contributed by atoms with E-state index >= 15 is 0 Å². The second kappa shape index (κ2) is 55.1. The van der Waals surface area contributed by atoms with Crippen molar-refractivity contribution >= 4 is 103 Å². The van der Waals surface area contributed by atoms with E-state index in [1.165, 1.54) is 40.4 Å². The standard InChI is InChI=1S/2C13H12N4O2.C6H6N2O.2C3H6.C2H3N.CH2I2.2CH4O3S.CH4.2HI/c2*18-14-9-12-1-5-16(6-2-12)11-17-7-3-13(4-8-17)10-15-19;9-8-5-6-1-3-7-4-2-6;2*1-3-2;1-2-3;2-1-3;2*1-5(2,3)4;;;/h1-7,9-11H,8H2;1-10H,11H2;1-5,9H;2*3H,1H2,2H3;1H3;1H2;2*1H3,(H,2,3,4);1H4;2*1H/b;;8-5-;;;;;;;;;. The predicted octanol–water partition coefficient (Wildman–Crippen LogP) is -0.447. The number of nitrogens with zero attached hydrogens (tertiary/aromatic N) is 11. The minimum atomic E-state index is -3.92. The van der Waals surface area contributed by atoms with E-state index in [0.717, 1.165) is 27.8 Å². The largest absolute Gasteiger partial charge is 1.00 e. The van der Waals surface area contributed by atoms with Crippen LogP contribution in [0.3, 0.4) is 0 Å². The molecule has 5 rings (SSSR count). The number of aromatic nitrogens is 4. The molecule has 0 fully saturated rings. The molecule has 398 valence electrons. The van der Waals surface area contributed by atoms with Crippen LogP contribution in [0.1, 0.15) is 50.5 Å². The van der Waals surface area contributed by atoms with Crippen LogP contribution < -0.4 is 61.7 Å². The minimum Gasteiger partial charge on any atom is -1.00 e. The normalized spacial score (nSPS) is 11.2. The first kappa shape index (κ1) is 80.9. The molecule has 0 spiro atoms. The summed E-state index contributed by atoms with van der Waals surface area (Å²) in [5.41, 5.74) is 4.19. The summed E-state index contributed by atoms with van der Waals surface area (Å²) < 4.78 is 63.5. The number of halogens is 4. The Labute approximate surface area is 484 Å². The van der Waals surface area contributed by atoms with E-state index in [1.54, 1.807) is 42.7 Å². The molecule has 0 saturated heterocycles. The Kier molecular flexibility index (Phi) is 61.9. The highest BCUT2D eigenvalue weighted by molar-refractivity contribution is 14.2. The molecular formula is C44H61I4N11O11S2. The molecule has 0 aromatic carbocycles. The van der Waals surface area contributed by atoms with Crippen LogP contribution in [0.2, 0.25) is 0 Å². The van der Waals surface area contributed by atoms with Gasteiger partial charge in [0.2, 0.25) is 0 Å². The maximum Gasteiger partial charge on any atom is 0.412 e. The fraction of sp³-hybridized carbons (Fsp3) is 0.205. The molecule has 0 atom stereocenters. The van der Waals surface area contributed by atoms with Gasteiger partial charge in [0.05, 0.1) is 59.8 Å². The van der Waals surface area contributed by atoms with Crippen molar-refractivity contribution < 1.29 is 118 Å².